The number of hydrogen-bond donors (Lipinski definition) is 1. The van der Waals surface area contributed by atoms with Crippen LogP contribution in [0.3, 0.4) is 0 Å². The standard InChI is InChI=1S/C23H23NO5/c1-15-13-24(12-11-17(15)23(26)27)22(25)21-19(14-28-16-7-3-2-4-8-16)18-9-5-6-10-20(18)29-21/h2-10,15,17H,11-14H2,1H3,(H,26,27). The van der Waals surface area contributed by atoms with Crippen LogP contribution in [-0.4, -0.2) is 35.0 Å². The van der Waals surface area contributed by atoms with E-state index in [4.69, 9.17) is 9.15 Å². The normalized spacial score (nSPS) is 19.3. The number of furan rings is 1. The molecule has 1 fully saturated rings. The molecule has 0 radical (unpaired) electrons. The van der Waals surface area contributed by atoms with Gasteiger partial charge in [0.2, 0.25) is 0 Å². The van der Waals surface area contributed by atoms with Gasteiger partial charge in [0.05, 0.1) is 5.92 Å². The number of nitrogens with zero attached hydrogens (tertiary/aromatic N) is 1. The maximum Gasteiger partial charge on any atom is 0.306 e. The van der Waals surface area contributed by atoms with E-state index < -0.39 is 11.9 Å². The van der Waals surface area contributed by atoms with Crippen molar-refractivity contribution in [3.63, 3.8) is 0 Å². The van der Waals surface area contributed by atoms with Crippen LogP contribution in [0.15, 0.2) is 59.0 Å². The van der Waals surface area contributed by atoms with Crippen molar-refractivity contribution in [2.24, 2.45) is 11.8 Å². The second-order valence-corrected chi connectivity index (χ2v) is 7.47. The van der Waals surface area contributed by atoms with E-state index in [1.807, 2.05) is 61.5 Å². The Kier molecular flexibility index (Phi) is 5.25. The van der Waals surface area contributed by atoms with Crippen molar-refractivity contribution in [1.82, 2.24) is 4.90 Å². The molecule has 2 unspecified atom stereocenters. The maximum absolute atomic E-state index is 13.3. The van der Waals surface area contributed by atoms with Crippen LogP contribution >= 0.6 is 0 Å². The Labute approximate surface area is 168 Å². The lowest BCUT2D eigenvalue weighted by molar-refractivity contribution is -0.145. The molecule has 150 valence electrons. The number of piperidine rings is 1. The summed E-state index contributed by atoms with van der Waals surface area (Å²) in [6.07, 6.45) is 0.443. The Balaban J connectivity index is 1.61. The quantitative estimate of drug-likeness (QED) is 0.703. The van der Waals surface area contributed by atoms with E-state index in [-0.39, 0.29) is 24.2 Å². The molecule has 3 aromatic rings. The Morgan fingerprint density at radius 3 is 2.59 bits per heavy atom. The molecule has 1 aliphatic rings. The molecule has 0 bridgehead atoms. The number of hydrogen-bond acceptors (Lipinski definition) is 4. The van der Waals surface area contributed by atoms with E-state index in [0.717, 1.165) is 5.39 Å². The van der Waals surface area contributed by atoms with E-state index in [1.165, 1.54) is 0 Å². The van der Waals surface area contributed by atoms with E-state index in [2.05, 4.69) is 0 Å². The number of carbonyl (C=O) groups excluding carboxylic acids is 1. The Hall–Kier alpha value is -3.28. The Bertz CT molecular complexity index is 1030. The highest BCUT2D eigenvalue weighted by atomic mass is 16.5. The van der Waals surface area contributed by atoms with Crippen LogP contribution in [0.4, 0.5) is 0 Å². The van der Waals surface area contributed by atoms with Gasteiger partial charge in [0.25, 0.3) is 5.91 Å². The molecule has 2 aromatic carbocycles. The highest BCUT2D eigenvalue weighted by Gasteiger charge is 2.35. The van der Waals surface area contributed by atoms with Crippen molar-refractivity contribution >= 4 is 22.8 Å². The van der Waals surface area contributed by atoms with E-state index in [9.17, 15) is 14.7 Å². The van der Waals surface area contributed by atoms with Gasteiger partial charge in [-0.1, -0.05) is 43.3 Å². The summed E-state index contributed by atoms with van der Waals surface area (Å²) in [6, 6.07) is 16.9. The summed E-state index contributed by atoms with van der Waals surface area (Å²) in [5.74, 6) is -0.571. The molecule has 1 N–H and O–H groups in total. The SMILES string of the molecule is CC1CN(C(=O)c2oc3ccccc3c2COc2ccccc2)CCC1C(=O)O. The predicted molar refractivity (Wildman–Crippen MR) is 108 cm³/mol. The Morgan fingerprint density at radius 2 is 1.86 bits per heavy atom. The number of amides is 1. The van der Waals surface area contributed by atoms with Gasteiger partial charge in [-0.05, 0) is 30.5 Å². The number of carbonyl (C=O) groups is 2. The molecule has 29 heavy (non-hydrogen) atoms. The first-order chi connectivity index (χ1) is 14.0. The minimum absolute atomic E-state index is 0.112. The largest absolute Gasteiger partial charge is 0.489 e. The molecule has 1 saturated heterocycles. The average Bonchev–Trinajstić information content (AvgIpc) is 3.10. The number of likely N-dealkylation sites (tertiary alicyclic amines) is 1. The van der Waals surface area contributed by atoms with Crippen LogP contribution in [0.25, 0.3) is 11.0 Å². The molecule has 1 amide bonds. The van der Waals surface area contributed by atoms with Gasteiger partial charge >= 0.3 is 5.97 Å². The lowest BCUT2D eigenvalue weighted by Crippen LogP contribution is -2.45. The van der Waals surface area contributed by atoms with Crippen LogP contribution in [0.2, 0.25) is 0 Å². The first-order valence-corrected chi connectivity index (χ1v) is 9.75. The van der Waals surface area contributed by atoms with Crippen LogP contribution in [0.1, 0.15) is 29.5 Å². The molecule has 2 heterocycles. The number of para-hydroxylation sites is 2. The smallest absolute Gasteiger partial charge is 0.306 e. The highest BCUT2D eigenvalue weighted by Crippen LogP contribution is 2.30. The van der Waals surface area contributed by atoms with Crippen LogP contribution < -0.4 is 4.74 Å². The van der Waals surface area contributed by atoms with Crippen molar-refractivity contribution < 1.29 is 23.8 Å². The summed E-state index contributed by atoms with van der Waals surface area (Å²) in [5.41, 5.74) is 1.35. The molecular weight excluding hydrogens is 370 g/mol. The monoisotopic (exact) mass is 393 g/mol. The minimum Gasteiger partial charge on any atom is -0.489 e. The fourth-order valence-electron chi connectivity index (χ4n) is 3.93. The molecule has 4 rings (SSSR count). The maximum atomic E-state index is 13.3. The molecule has 0 spiro atoms. The molecule has 0 aliphatic carbocycles. The number of carboxylic acid groups (broad SMARTS) is 1. The van der Waals surface area contributed by atoms with Crippen molar-refractivity contribution in [2.45, 2.75) is 20.0 Å². The summed E-state index contributed by atoms with van der Waals surface area (Å²) in [4.78, 5) is 26.3. The summed E-state index contributed by atoms with van der Waals surface area (Å²) in [6.45, 7) is 2.88. The van der Waals surface area contributed by atoms with Gasteiger partial charge in [0, 0.05) is 24.0 Å². The van der Waals surface area contributed by atoms with Gasteiger partial charge < -0.3 is 19.2 Å². The van der Waals surface area contributed by atoms with Gasteiger partial charge in [0.1, 0.15) is 17.9 Å². The fraction of sp³-hybridized carbons (Fsp3) is 0.304. The fourth-order valence-corrected chi connectivity index (χ4v) is 3.93. The molecular formula is C23H23NO5. The number of benzene rings is 2. The van der Waals surface area contributed by atoms with Gasteiger partial charge in [-0.2, -0.15) is 0 Å². The predicted octanol–water partition coefficient (Wildman–Crippen LogP) is 4.19. The Morgan fingerprint density at radius 1 is 1.14 bits per heavy atom. The van der Waals surface area contributed by atoms with Crippen LogP contribution in [-0.2, 0) is 11.4 Å². The number of rotatable bonds is 5. The van der Waals surface area contributed by atoms with Crippen molar-refractivity contribution in [2.75, 3.05) is 13.1 Å². The van der Waals surface area contributed by atoms with Crippen molar-refractivity contribution in [3.8, 4) is 5.75 Å². The third kappa shape index (κ3) is 3.83. The van der Waals surface area contributed by atoms with Crippen LogP contribution in [0.5, 0.6) is 5.75 Å². The second-order valence-electron chi connectivity index (χ2n) is 7.47. The molecule has 6 heteroatoms. The zero-order valence-corrected chi connectivity index (χ0v) is 16.2. The first-order valence-electron chi connectivity index (χ1n) is 9.75. The van der Waals surface area contributed by atoms with Crippen molar-refractivity contribution in [1.29, 1.82) is 0 Å². The van der Waals surface area contributed by atoms with Gasteiger partial charge in [-0.15, -0.1) is 0 Å². The highest BCUT2D eigenvalue weighted by molar-refractivity contribution is 5.99. The topological polar surface area (TPSA) is 80.0 Å². The van der Waals surface area contributed by atoms with E-state index in [1.54, 1.807) is 4.90 Å². The summed E-state index contributed by atoms with van der Waals surface area (Å²) >= 11 is 0. The number of fused-ring (bicyclic) bond motifs is 1. The summed E-state index contributed by atoms with van der Waals surface area (Å²) < 4.78 is 11.8. The molecule has 2 atom stereocenters. The first kappa shape index (κ1) is 19.1. The minimum atomic E-state index is -0.801. The average molecular weight is 393 g/mol. The van der Waals surface area contributed by atoms with Gasteiger partial charge in [0.15, 0.2) is 5.76 Å². The number of aliphatic carboxylic acids is 1. The van der Waals surface area contributed by atoms with Crippen molar-refractivity contribution in [3.05, 3.63) is 65.9 Å². The molecule has 1 aliphatic heterocycles. The third-order valence-electron chi connectivity index (χ3n) is 5.53. The van der Waals surface area contributed by atoms with E-state index in [0.29, 0.717) is 36.4 Å². The third-order valence-corrected chi connectivity index (χ3v) is 5.53. The zero-order chi connectivity index (χ0) is 20.4. The zero-order valence-electron chi connectivity index (χ0n) is 16.2. The summed E-state index contributed by atoms with van der Waals surface area (Å²) in [7, 11) is 0. The molecule has 1 aromatic heterocycles. The number of carboxylic acids is 1. The summed E-state index contributed by atoms with van der Waals surface area (Å²) in [5, 5.41) is 10.2. The number of ether oxygens (including phenoxy) is 1. The second kappa shape index (κ2) is 7.99. The molecule has 6 nitrogen and oxygen atoms in total. The van der Waals surface area contributed by atoms with Gasteiger partial charge in [-0.3, -0.25) is 9.59 Å². The lowest BCUT2D eigenvalue weighted by atomic mass is 9.87. The molecule has 0 saturated carbocycles. The van der Waals surface area contributed by atoms with E-state index >= 15 is 0 Å². The lowest BCUT2D eigenvalue weighted by Gasteiger charge is -2.34. The van der Waals surface area contributed by atoms with Crippen LogP contribution in [0, 0.1) is 11.8 Å². The van der Waals surface area contributed by atoms with Gasteiger partial charge in [-0.25, -0.2) is 0 Å².